The number of ether oxygens (including phenoxy) is 1. The van der Waals surface area contributed by atoms with E-state index < -0.39 is 0 Å². The molecule has 1 aromatic rings. The summed E-state index contributed by atoms with van der Waals surface area (Å²) in [4.78, 5) is 16.2. The lowest BCUT2D eigenvalue weighted by atomic mass is 10.1. The van der Waals surface area contributed by atoms with Crippen molar-refractivity contribution in [2.75, 3.05) is 38.2 Å². The number of carbonyl (C=O) groups excluding carboxylic acids is 1. The predicted molar refractivity (Wildman–Crippen MR) is 90.1 cm³/mol. The fraction of sp³-hybridized carbons (Fsp3) is 0.562. The molecule has 1 aliphatic rings. The molecular formula is C16H24ClN3O2. The van der Waals surface area contributed by atoms with Gasteiger partial charge in [-0.05, 0) is 39.0 Å². The summed E-state index contributed by atoms with van der Waals surface area (Å²) < 4.78 is 5.17. The van der Waals surface area contributed by atoms with Crippen molar-refractivity contribution in [3.8, 4) is 5.75 Å². The molecule has 0 aromatic heterocycles. The fourth-order valence-corrected chi connectivity index (χ4v) is 2.67. The van der Waals surface area contributed by atoms with Gasteiger partial charge in [-0.15, -0.1) is 0 Å². The van der Waals surface area contributed by atoms with Gasteiger partial charge in [0.25, 0.3) is 0 Å². The van der Waals surface area contributed by atoms with E-state index in [0.29, 0.717) is 23.9 Å². The maximum Gasteiger partial charge on any atom is 0.317 e. The molecular weight excluding hydrogens is 302 g/mol. The summed E-state index contributed by atoms with van der Waals surface area (Å²) in [6.45, 7) is 8.94. The van der Waals surface area contributed by atoms with Crippen molar-refractivity contribution in [1.82, 2.24) is 10.2 Å². The topological polar surface area (TPSA) is 44.8 Å². The minimum absolute atomic E-state index is 0.0000803. The van der Waals surface area contributed by atoms with Gasteiger partial charge >= 0.3 is 6.03 Å². The Labute approximate surface area is 137 Å². The number of amides is 2. The lowest BCUT2D eigenvalue weighted by Crippen LogP contribution is -2.55. The smallest absolute Gasteiger partial charge is 0.317 e. The molecule has 1 heterocycles. The van der Waals surface area contributed by atoms with Crippen molar-refractivity contribution in [3.63, 3.8) is 0 Å². The molecule has 0 unspecified atom stereocenters. The summed E-state index contributed by atoms with van der Waals surface area (Å²) in [6, 6.07) is 5.77. The molecule has 1 aromatic carbocycles. The lowest BCUT2D eigenvalue weighted by molar-refractivity contribution is 0.185. The van der Waals surface area contributed by atoms with E-state index >= 15 is 0 Å². The van der Waals surface area contributed by atoms with Gasteiger partial charge < -0.3 is 19.9 Å². The van der Waals surface area contributed by atoms with Gasteiger partial charge in [0.05, 0.1) is 12.1 Å². The van der Waals surface area contributed by atoms with Gasteiger partial charge in [-0.25, -0.2) is 4.79 Å². The highest BCUT2D eigenvalue weighted by molar-refractivity contribution is 6.32. The van der Waals surface area contributed by atoms with Gasteiger partial charge in [0.2, 0.25) is 0 Å². The third-order valence-corrected chi connectivity index (χ3v) is 3.84. The molecule has 2 amide bonds. The van der Waals surface area contributed by atoms with E-state index in [0.717, 1.165) is 18.8 Å². The van der Waals surface area contributed by atoms with Crippen molar-refractivity contribution in [3.05, 3.63) is 23.2 Å². The van der Waals surface area contributed by atoms with Crippen molar-refractivity contribution < 1.29 is 9.53 Å². The zero-order chi connectivity index (χ0) is 16.3. The normalized spacial score (nSPS) is 15.7. The molecule has 22 heavy (non-hydrogen) atoms. The molecule has 122 valence electrons. The maximum atomic E-state index is 12.2. The molecule has 1 fully saturated rings. The van der Waals surface area contributed by atoms with Crippen LogP contribution in [0.2, 0.25) is 5.02 Å². The zero-order valence-corrected chi connectivity index (χ0v) is 14.4. The van der Waals surface area contributed by atoms with Gasteiger partial charge in [0, 0.05) is 37.4 Å². The summed E-state index contributed by atoms with van der Waals surface area (Å²) in [5.41, 5.74) is 0.847. The van der Waals surface area contributed by atoms with Crippen LogP contribution in [0.25, 0.3) is 0 Å². The van der Waals surface area contributed by atoms with Crippen LogP contribution in [0.5, 0.6) is 5.75 Å². The lowest BCUT2D eigenvalue weighted by Gasteiger charge is -2.37. The molecule has 0 radical (unpaired) electrons. The molecule has 0 bridgehead atoms. The van der Waals surface area contributed by atoms with Gasteiger partial charge in [-0.1, -0.05) is 11.6 Å². The highest BCUT2D eigenvalue weighted by atomic mass is 35.5. The largest absolute Gasteiger partial charge is 0.495 e. The van der Waals surface area contributed by atoms with Crippen LogP contribution in [-0.4, -0.2) is 49.8 Å². The molecule has 1 saturated heterocycles. The number of benzene rings is 1. The van der Waals surface area contributed by atoms with Crippen molar-refractivity contribution in [2.24, 2.45) is 0 Å². The number of carbonyl (C=O) groups is 1. The SMILES string of the molecule is COc1ccc(N2CCN(C(=O)NC(C)(C)C)CC2)cc1Cl. The van der Waals surface area contributed by atoms with Crippen molar-refractivity contribution in [1.29, 1.82) is 0 Å². The van der Waals surface area contributed by atoms with Crippen molar-refractivity contribution in [2.45, 2.75) is 26.3 Å². The first-order valence-corrected chi connectivity index (χ1v) is 7.83. The van der Waals surface area contributed by atoms with Gasteiger partial charge in [0.1, 0.15) is 5.75 Å². The van der Waals surface area contributed by atoms with Crippen LogP contribution >= 0.6 is 11.6 Å². The van der Waals surface area contributed by atoms with E-state index in [1.807, 2.05) is 43.9 Å². The number of anilines is 1. The van der Waals surface area contributed by atoms with E-state index in [9.17, 15) is 4.79 Å². The summed E-state index contributed by atoms with van der Waals surface area (Å²) in [6.07, 6.45) is 0. The number of rotatable bonds is 2. The Morgan fingerprint density at radius 1 is 1.23 bits per heavy atom. The average Bonchev–Trinajstić information content (AvgIpc) is 2.45. The van der Waals surface area contributed by atoms with E-state index in [1.54, 1.807) is 7.11 Å². The second-order valence-electron chi connectivity index (χ2n) is 6.47. The molecule has 5 nitrogen and oxygen atoms in total. The Balaban J connectivity index is 1.94. The fourth-order valence-electron chi connectivity index (χ4n) is 2.42. The number of urea groups is 1. The third kappa shape index (κ3) is 4.19. The van der Waals surface area contributed by atoms with E-state index in [-0.39, 0.29) is 11.6 Å². The summed E-state index contributed by atoms with van der Waals surface area (Å²) >= 11 is 6.17. The van der Waals surface area contributed by atoms with Crippen molar-refractivity contribution >= 4 is 23.3 Å². The quantitative estimate of drug-likeness (QED) is 0.909. The first-order valence-electron chi connectivity index (χ1n) is 7.46. The minimum Gasteiger partial charge on any atom is -0.495 e. The molecule has 0 saturated carbocycles. The van der Waals surface area contributed by atoms with Crippen LogP contribution in [-0.2, 0) is 0 Å². The Bertz CT molecular complexity index is 535. The molecule has 0 atom stereocenters. The number of nitrogens with one attached hydrogen (secondary N) is 1. The van der Waals surface area contributed by atoms with Crippen LogP contribution in [0, 0.1) is 0 Å². The van der Waals surface area contributed by atoms with E-state index in [2.05, 4.69) is 10.2 Å². The first-order chi connectivity index (χ1) is 10.3. The van der Waals surface area contributed by atoms with Crippen LogP contribution in [0.15, 0.2) is 18.2 Å². The molecule has 0 aliphatic carbocycles. The van der Waals surface area contributed by atoms with E-state index in [4.69, 9.17) is 16.3 Å². The van der Waals surface area contributed by atoms with Crippen LogP contribution in [0.1, 0.15) is 20.8 Å². The molecule has 1 N–H and O–H groups in total. The van der Waals surface area contributed by atoms with Crippen LogP contribution in [0.4, 0.5) is 10.5 Å². The number of hydrogen-bond donors (Lipinski definition) is 1. The number of halogens is 1. The number of methoxy groups -OCH3 is 1. The third-order valence-electron chi connectivity index (χ3n) is 3.55. The highest BCUT2D eigenvalue weighted by Gasteiger charge is 2.24. The van der Waals surface area contributed by atoms with Gasteiger partial charge in [-0.2, -0.15) is 0 Å². The second-order valence-corrected chi connectivity index (χ2v) is 6.88. The summed E-state index contributed by atoms with van der Waals surface area (Å²) in [5, 5.41) is 3.60. The molecule has 1 aliphatic heterocycles. The van der Waals surface area contributed by atoms with E-state index in [1.165, 1.54) is 0 Å². The maximum absolute atomic E-state index is 12.2. The highest BCUT2D eigenvalue weighted by Crippen LogP contribution is 2.29. The molecule has 0 spiro atoms. The Morgan fingerprint density at radius 2 is 1.86 bits per heavy atom. The number of piperazine rings is 1. The second kappa shape index (κ2) is 6.65. The predicted octanol–water partition coefficient (Wildman–Crippen LogP) is 2.98. The summed E-state index contributed by atoms with van der Waals surface area (Å²) in [5.74, 6) is 0.675. The van der Waals surface area contributed by atoms with Crippen LogP contribution < -0.4 is 15.0 Å². The molecule has 6 heteroatoms. The Hall–Kier alpha value is -1.62. The minimum atomic E-state index is -0.211. The Morgan fingerprint density at radius 3 is 2.36 bits per heavy atom. The van der Waals surface area contributed by atoms with Gasteiger partial charge in [0.15, 0.2) is 0 Å². The Kier molecular flexibility index (Phi) is 5.06. The monoisotopic (exact) mass is 325 g/mol. The average molecular weight is 326 g/mol. The number of nitrogens with zero attached hydrogens (tertiary/aromatic N) is 2. The standard InChI is InChI=1S/C16H24ClN3O2/c1-16(2,3)18-15(21)20-9-7-19(8-10-20)12-5-6-14(22-4)13(17)11-12/h5-6,11H,7-10H2,1-4H3,(H,18,21). The van der Waals surface area contributed by atoms with Gasteiger partial charge in [-0.3, -0.25) is 0 Å². The number of hydrogen-bond acceptors (Lipinski definition) is 3. The summed E-state index contributed by atoms with van der Waals surface area (Å²) in [7, 11) is 1.60. The zero-order valence-electron chi connectivity index (χ0n) is 13.6. The van der Waals surface area contributed by atoms with Crippen LogP contribution in [0.3, 0.4) is 0 Å². The molecule has 2 rings (SSSR count). The first kappa shape index (κ1) is 16.7.